The third kappa shape index (κ3) is 5.17. The van der Waals surface area contributed by atoms with Crippen molar-refractivity contribution in [1.82, 2.24) is 10.3 Å². The molecule has 4 nitrogen and oxygen atoms in total. The topological polar surface area (TPSA) is 51.2 Å². The molecule has 0 unspecified atom stereocenters. The fourth-order valence-electron chi connectivity index (χ4n) is 2.59. The number of nitrogens with one attached hydrogen (secondary N) is 1. The maximum atomic E-state index is 12.4. The molecular formula is C22H24N2O2S. The monoisotopic (exact) mass is 380 g/mol. The van der Waals surface area contributed by atoms with Gasteiger partial charge in [0.25, 0.3) is 5.91 Å². The summed E-state index contributed by atoms with van der Waals surface area (Å²) in [5.41, 5.74) is 3.78. The normalized spacial score (nSPS) is 10.8. The molecule has 3 aromatic rings. The first-order valence-corrected chi connectivity index (χ1v) is 9.92. The van der Waals surface area contributed by atoms with Gasteiger partial charge in [0.1, 0.15) is 10.8 Å². The number of hydrogen-bond donors (Lipinski definition) is 1. The summed E-state index contributed by atoms with van der Waals surface area (Å²) in [6.07, 6.45) is 0. The van der Waals surface area contributed by atoms with Crippen LogP contribution in [0.5, 0.6) is 5.75 Å². The molecule has 27 heavy (non-hydrogen) atoms. The molecule has 0 saturated carbocycles. The van der Waals surface area contributed by atoms with Crippen molar-refractivity contribution in [3.63, 3.8) is 0 Å². The predicted octanol–water partition coefficient (Wildman–Crippen LogP) is 5.08. The average Bonchev–Trinajstić information content (AvgIpc) is 3.14. The number of aromatic nitrogens is 1. The summed E-state index contributed by atoms with van der Waals surface area (Å²) >= 11 is 1.59. The van der Waals surface area contributed by atoms with Crippen LogP contribution in [0, 0.1) is 12.8 Å². The lowest BCUT2D eigenvalue weighted by Crippen LogP contribution is -2.23. The molecule has 0 radical (unpaired) electrons. The summed E-state index contributed by atoms with van der Waals surface area (Å²) in [7, 11) is 0. The van der Waals surface area contributed by atoms with Gasteiger partial charge in [-0.3, -0.25) is 4.79 Å². The summed E-state index contributed by atoms with van der Waals surface area (Å²) in [5, 5.41) is 5.90. The number of carbonyl (C=O) groups is 1. The van der Waals surface area contributed by atoms with Gasteiger partial charge in [0, 0.05) is 16.5 Å². The molecule has 0 atom stereocenters. The molecule has 1 heterocycles. The zero-order chi connectivity index (χ0) is 19.2. The average molecular weight is 381 g/mol. The maximum Gasteiger partial charge on any atom is 0.251 e. The number of thiazole rings is 1. The van der Waals surface area contributed by atoms with Crippen LogP contribution in [0.1, 0.15) is 35.5 Å². The SMILES string of the molecule is Cc1ccccc1-c1nc(CNC(=O)c2cccc(OCC(C)C)c2)cs1. The van der Waals surface area contributed by atoms with Gasteiger partial charge in [-0.25, -0.2) is 4.98 Å². The molecule has 0 aliphatic carbocycles. The van der Waals surface area contributed by atoms with Crippen molar-refractivity contribution in [3.8, 4) is 16.3 Å². The molecule has 1 N–H and O–H groups in total. The van der Waals surface area contributed by atoms with Crippen molar-refractivity contribution in [3.05, 3.63) is 70.7 Å². The van der Waals surface area contributed by atoms with Gasteiger partial charge < -0.3 is 10.1 Å². The van der Waals surface area contributed by atoms with E-state index in [9.17, 15) is 4.79 Å². The van der Waals surface area contributed by atoms with Crippen LogP contribution in [0.2, 0.25) is 0 Å². The highest BCUT2D eigenvalue weighted by atomic mass is 32.1. The van der Waals surface area contributed by atoms with Gasteiger partial charge >= 0.3 is 0 Å². The molecule has 1 aromatic heterocycles. The van der Waals surface area contributed by atoms with Gasteiger partial charge in [0.2, 0.25) is 0 Å². The lowest BCUT2D eigenvalue weighted by Gasteiger charge is -2.10. The van der Waals surface area contributed by atoms with Crippen LogP contribution in [-0.4, -0.2) is 17.5 Å². The van der Waals surface area contributed by atoms with E-state index in [-0.39, 0.29) is 5.91 Å². The predicted molar refractivity (Wildman–Crippen MR) is 110 cm³/mol. The van der Waals surface area contributed by atoms with Crippen LogP contribution in [0.15, 0.2) is 53.9 Å². The standard InChI is InChI=1S/C22H24N2O2S/c1-15(2)13-26-19-9-6-8-17(11-19)21(25)23-12-18-14-27-22(24-18)20-10-5-4-7-16(20)3/h4-11,14-15H,12-13H2,1-3H3,(H,23,25). The summed E-state index contributed by atoms with van der Waals surface area (Å²) in [6, 6.07) is 15.4. The number of rotatable bonds is 7. The minimum absolute atomic E-state index is 0.129. The second-order valence-corrected chi connectivity index (χ2v) is 7.73. The van der Waals surface area contributed by atoms with E-state index in [0.29, 0.717) is 30.4 Å². The molecule has 0 aliphatic rings. The van der Waals surface area contributed by atoms with Gasteiger partial charge in [0.05, 0.1) is 18.8 Å². The van der Waals surface area contributed by atoms with E-state index < -0.39 is 0 Å². The van der Waals surface area contributed by atoms with Crippen molar-refractivity contribution in [1.29, 1.82) is 0 Å². The molecule has 0 fully saturated rings. The summed E-state index contributed by atoms with van der Waals surface area (Å²) in [6.45, 7) is 7.29. The van der Waals surface area contributed by atoms with E-state index in [1.807, 2.05) is 29.6 Å². The van der Waals surface area contributed by atoms with E-state index in [0.717, 1.165) is 16.3 Å². The highest BCUT2D eigenvalue weighted by molar-refractivity contribution is 7.13. The Hall–Kier alpha value is -2.66. The lowest BCUT2D eigenvalue weighted by atomic mass is 10.1. The Morgan fingerprint density at radius 2 is 2.00 bits per heavy atom. The van der Waals surface area contributed by atoms with Gasteiger partial charge in [0.15, 0.2) is 0 Å². The maximum absolute atomic E-state index is 12.4. The van der Waals surface area contributed by atoms with Crippen molar-refractivity contribution in [2.75, 3.05) is 6.61 Å². The Bertz CT molecular complexity index is 918. The molecule has 140 valence electrons. The summed E-state index contributed by atoms with van der Waals surface area (Å²) in [4.78, 5) is 17.1. The first kappa shape index (κ1) is 19.1. The van der Waals surface area contributed by atoms with Crippen molar-refractivity contribution in [2.45, 2.75) is 27.3 Å². The quantitative estimate of drug-likeness (QED) is 0.622. The number of aryl methyl sites for hydroxylation is 1. The highest BCUT2D eigenvalue weighted by Crippen LogP contribution is 2.26. The third-order valence-electron chi connectivity index (χ3n) is 4.04. The summed E-state index contributed by atoms with van der Waals surface area (Å²) < 4.78 is 5.69. The molecule has 3 rings (SSSR count). The second-order valence-electron chi connectivity index (χ2n) is 6.87. The Labute approximate surface area is 164 Å². The first-order valence-electron chi connectivity index (χ1n) is 9.04. The van der Waals surface area contributed by atoms with Crippen LogP contribution in [0.4, 0.5) is 0 Å². The van der Waals surface area contributed by atoms with E-state index in [2.05, 4.69) is 43.2 Å². The van der Waals surface area contributed by atoms with E-state index in [1.165, 1.54) is 5.56 Å². The Morgan fingerprint density at radius 1 is 1.19 bits per heavy atom. The number of nitrogens with zero attached hydrogens (tertiary/aromatic N) is 1. The van der Waals surface area contributed by atoms with Crippen molar-refractivity contribution < 1.29 is 9.53 Å². The smallest absolute Gasteiger partial charge is 0.251 e. The van der Waals surface area contributed by atoms with Crippen molar-refractivity contribution in [2.24, 2.45) is 5.92 Å². The van der Waals surface area contributed by atoms with Crippen LogP contribution in [0.3, 0.4) is 0 Å². The molecule has 5 heteroatoms. The zero-order valence-corrected chi connectivity index (χ0v) is 16.7. The largest absolute Gasteiger partial charge is 0.493 e. The minimum Gasteiger partial charge on any atom is -0.493 e. The fraction of sp³-hybridized carbons (Fsp3) is 0.273. The van der Waals surface area contributed by atoms with Gasteiger partial charge in [-0.05, 0) is 36.6 Å². The molecule has 1 amide bonds. The second kappa shape index (κ2) is 8.82. The van der Waals surface area contributed by atoms with Gasteiger partial charge in [-0.2, -0.15) is 0 Å². The van der Waals surface area contributed by atoms with Gasteiger partial charge in [-0.15, -0.1) is 11.3 Å². The third-order valence-corrected chi connectivity index (χ3v) is 4.96. The van der Waals surface area contributed by atoms with Gasteiger partial charge in [-0.1, -0.05) is 44.2 Å². The molecular weight excluding hydrogens is 356 g/mol. The Balaban J connectivity index is 1.61. The van der Waals surface area contributed by atoms with E-state index in [4.69, 9.17) is 4.74 Å². The van der Waals surface area contributed by atoms with Crippen LogP contribution in [-0.2, 0) is 6.54 Å². The zero-order valence-electron chi connectivity index (χ0n) is 15.9. The van der Waals surface area contributed by atoms with Crippen LogP contribution >= 0.6 is 11.3 Å². The number of benzene rings is 2. The molecule has 0 spiro atoms. The molecule has 2 aromatic carbocycles. The molecule has 0 saturated heterocycles. The molecule has 0 bridgehead atoms. The van der Waals surface area contributed by atoms with Crippen LogP contribution in [0.25, 0.3) is 10.6 Å². The number of carbonyl (C=O) groups excluding carboxylic acids is 1. The van der Waals surface area contributed by atoms with E-state index >= 15 is 0 Å². The number of hydrogen-bond acceptors (Lipinski definition) is 4. The van der Waals surface area contributed by atoms with Crippen molar-refractivity contribution >= 4 is 17.2 Å². The first-order chi connectivity index (χ1) is 13.0. The fourth-order valence-corrected chi connectivity index (χ4v) is 3.50. The summed E-state index contributed by atoms with van der Waals surface area (Å²) in [5.74, 6) is 1.02. The lowest BCUT2D eigenvalue weighted by molar-refractivity contribution is 0.0950. The Kier molecular flexibility index (Phi) is 6.24. The number of ether oxygens (including phenoxy) is 1. The molecule has 0 aliphatic heterocycles. The minimum atomic E-state index is -0.129. The Morgan fingerprint density at radius 3 is 2.78 bits per heavy atom. The number of amides is 1. The van der Waals surface area contributed by atoms with Crippen LogP contribution < -0.4 is 10.1 Å². The van der Waals surface area contributed by atoms with E-state index in [1.54, 1.807) is 23.5 Å². The highest BCUT2D eigenvalue weighted by Gasteiger charge is 2.10.